The fourth-order valence-electron chi connectivity index (χ4n) is 2.64. The predicted octanol–water partition coefficient (Wildman–Crippen LogP) is -0.0809. The molecule has 0 radical (unpaired) electrons. The number of amides is 1. The van der Waals surface area contributed by atoms with E-state index in [1.807, 2.05) is 4.90 Å². The number of carbonyl (C=O) groups excluding carboxylic acids is 1. The van der Waals surface area contributed by atoms with E-state index < -0.39 is 0 Å². The molecule has 0 aromatic heterocycles. The summed E-state index contributed by atoms with van der Waals surface area (Å²) in [6.07, 6.45) is 1.65. The van der Waals surface area contributed by atoms with Gasteiger partial charge >= 0.3 is 0 Å². The summed E-state index contributed by atoms with van der Waals surface area (Å²) in [5.74, 6) is 0.293. The van der Waals surface area contributed by atoms with Crippen molar-refractivity contribution in [3.05, 3.63) is 0 Å². The van der Waals surface area contributed by atoms with Crippen molar-refractivity contribution >= 4 is 5.91 Å². The molecular weight excluding hydrogens is 230 g/mol. The largest absolute Gasteiger partial charge is 0.378 e. The van der Waals surface area contributed by atoms with Gasteiger partial charge in [-0.2, -0.15) is 0 Å². The normalized spacial score (nSPS) is 26.3. The first-order valence-electron chi connectivity index (χ1n) is 7.07. The van der Waals surface area contributed by atoms with Crippen LogP contribution < -0.4 is 5.32 Å². The van der Waals surface area contributed by atoms with Crippen molar-refractivity contribution in [3.8, 4) is 0 Å². The van der Waals surface area contributed by atoms with Crippen LogP contribution in [0.25, 0.3) is 0 Å². The van der Waals surface area contributed by atoms with Crippen molar-refractivity contribution in [1.29, 1.82) is 0 Å². The summed E-state index contributed by atoms with van der Waals surface area (Å²) in [7, 11) is 0. The fourth-order valence-corrected chi connectivity index (χ4v) is 2.64. The Morgan fingerprint density at radius 2 is 2.11 bits per heavy atom. The molecule has 1 N–H and O–H groups in total. The molecule has 1 unspecified atom stereocenters. The molecule has 2 aliphatic heterocycles. The van der Waals surface area contributed by atoms with Crippen molar-refractivity contribution in [2.24, 2.45) is 0 Å². The highest BCUT2D eigenvalue weighted by atomic mass is 16.5. The molecule has 0 saturated carbocycles. The molecule has 18 heavy (non-hydrogen) atoms. The van der Waals surface area contributed by atoms with Crippen LogP contribution in [-0.2, 0) is 9.53 Å². The van der Waals surface area contributed by atoms with Crippen LogP contribution in [0.2, 0.25) is 0 Å². The molecule has 2 saturated heterocycles. The number of rotatable bonds is 4. The minimum Gasteiger partial charge on any atom is -0.378 e. The Balaban J connectivity index is 1.60. The first-order chi connectivity index (χ1) is 8.75. The number of piperazine rings is 1. The van der Waals surface area contributed by atoms with E-state index in [0.717, 1.165) is 45.7 Å². The van der Waals surface area contributed by atoms with Gasteiger partial charge in [0, 0.05) is 45.2 Å². The van der Waals surface area contributed by atoms with Crippen LogP contribution in [0.15, 0.2) is 0 Å². The van der Waals surface area contributed by atoms with E-state index in [2.05, 4.69) is 17.1 Å². The molecule has 2 heterocycles. The Bertz CT molecular complexity index is 267. The van der Waals surface area contributed by atoms with Gasteiger partial charge in [0.1, 0.15) is 0 Å². The highest BCUT2D eigenvalue weighted by Gasteiger charge is 2.18. The van der Waals surface area contributed by atoms with Crippen molar-refractivity contribution in [3.63, 3.8) is 0 Å². The summed E-state index contributed by atoms with van der Waals surface area (Å²) in [5.41, 5.74) is 0. The third-order valence-electron chi connectivity index (χ3n) is 3.68. The number of hydrogen-bond acceptors (Lipinski definition) is 4. The maximum Gasteiger partial charge on any atom is 0.222 e. The minimum absolute atomic E-state index is 0.293. The quantitative estimate of drug-likeness (QED) is 0.763. The number of morpholine rings is 1. The molecule has 2 rings (SSSR count). The van der Waals surface area contributed by atoms with Crippen LogP contribution in [-0.4, -0.2) is 74.2 Å². The molecule has 1 amide bonds. The molecule has 1 atom stereocenters. The molecule has 2 fully saturated rings. The van der Waals surface area contributed by atoms with Crippen LogP contribution in [0.1, 0.15) is 19.8 Å². The maximum absolute atomic E-state index is 11.9. The van der Waals surface area contributed by atoms with Gasteiger partial charge in [-0.15, -0.1) is 0 Å². The van der Waals surface area contributed by atoms with Crippen molar-refractivity contribution < 1.29 is 9.53 Å². The van der Waals surface area contributed by atoms with Crippen LogP contribution in [0, 0.1) is 0 Å². The Morgan fingerprint density at radius 3 is 2.83 bits per heavy atom. The first kappa shape index (κ1) is 13.8. The second-order valence-corrected chi connectivity index (χ2v) is 5.25. The Kier molecular flexibility index (Phi) is 5.41. The molecule has 0 bridgehead atoms. The van der Waals surface area contributed by atoms with E-state index in [1.165, 1.54) is 0 Å². The van der Waals surface area contributed by atoms with Crippen LogP contribution in [0.5, 0.6) is 0 Å². The standard InChI is InChI=1S/C13H25N3O2/c1-12-11-15(6-4-14-12)5-2-3-13(17)16-7-9-18-10-8-16/h12,14H,2-11H2,1H3. The van der Waals surface area contributed by atoms with Crippen LogP contribution in [0.4, 0.5) is 0 Å². The van der Waals surface area contributed by atoms with E-state index in [-0.39, 0.29) is 0 Å². The molecule has 104 valence electrons. The number of hydrogen-bond donors (Lipinski definition) is 1. The lowest BCUT2D eigenvalue weighted by Crippen LogP contribution is -2.49. The molecule has 0 aromatic rings. The zero-order chi connectivity index (χ0) is 12.8. The van der Waals surface area contributed by atoms with Gasteiger partial charge in [0.25, 0.3) is 0 Å². The van der Waals surface area contributed by atoms with Gasteiger partial charge in [0.2, 0.25) is 5.91 Å². The van der Waals surface area contributed by atoms with E-state index in [0.29, 0.717) is 31.6 Å². The number of ether oxygens (including phenoxy) is 1. The Hall–Kier alpha value is -0.650. The third kappa shape index (κ3) is 4.23. The average Bonchev–Trinajstić information content (AvgIpc) is 2.40. The van der Waals surface area contributed by atoms with Gasteiger partial charge < -0.3 is 19.9 Å². The summed E-state index contributed by atoms with van der Waals surface area (Å²) in [6, 6.07) is 0.577. The zero-order valence-electron chi connectivity index (χ0n) is 11.4. The van der Waals surface area contributed by atoms with Gasteiger partial charge in [-0.05, 0) is 19.9 Å². The van der Waals surface area contributed by atoms with Crippen molar-refractivity contribution in [1.82, 2.24) is 15.1 Å². The smallest absolute Gasteiger partial charge is 0.222 e. The van der Waals surface area contributed by atoms with Crippen LogP contribution in [0.3, 0.4) is 0 Å². The lowest BCUT2D eigenvalue weighted by Gasteiger charge is -2.32. The molecule has 0 aliphatic carbocycles. The number of carbonyl (C=O) groups is 1. The summed E-state index contributed by atoms with van der Waals surface area (Å²) < 4.78 is 5.25. The van der Waals surface area contributed by atoms with Crippen molar-refractivity contribution in [2.45, 2.75) is 25.8 Å². The zero-order valence-corrected chi connectivity index (χ0v) is 11.4. The Labute approximate surface area is 109 Å². The van der Waals surface area contributed by atoms with Gasteiger partial charge in [-0.25, -0.2) is 0 Å². The lowest BCUT2D eigenvalue weighted by atomic mass is 10.2. The number of nitrogens with one attached hydrogen (secondary N) is 1. The molecule has 5 nitrogen and oxygen atoms in total. The third-order valence-corrected chi connectivity index (χ3v) is 3.68. The van der Waals surface area contributed by atoms with Gasteiger partial charge in [-0.1, -0.05) is 0 Å². The predicted molar refractivity (Wildman–Crippen MR) is 70.5 cm³/mol. The second-order valence-electron chi connectivity index (χ2n) is 5.25. The lowest BCUT2D eigenvalue weighted by molar-refractivity contribution is -0.135. The second kappa shape index (κ2) is 7.07. The molecule has 5 heteroatoms. The van der Waals surface area contributed by atoms with Gasteiger partial charge in [0.15, 0.2) is 0 Å². The van der Waals surface area contributed by atoms with E-state index in [9.17, 15) is 4.79 Å². The van der Waals surface area contributed by atoms with E-state index in [4.69, 9.17) is 4.74 Å². The molecule has 2 aliphatic rings. The summed E-state index contributed by atoms with van der Waals surface area (Å²) in [5, 5.41) is 3.43. The monoisotopic (exact) mass is 255 g/mol. The fraction of sp³-hybridized carbons (Fsp3) is 0.923. The maximum atomic E-state index is 11.9. The van der Waals surface area contributed by atoms with Crippen LogP contribution >= 0.6 is 0 Å². The van der Waals surface area contributed by atoms with E-state index in [1.54, 1.807) is 0 Å². The van der Waals surface area contributed by atoms with Gasteiger partial charge in [-0.3, -0.25) is 4.79 Å². The average molecular weight is 255 g/mol. The topological polar surface area (TPSA) is 44.8 Å². The molecule has 0 spiro atoms. The first-order valence-corrected chi connectivity index (χ1v) is 7.07. The SMILES string of the molecule is CC1CN(CCCC(=O)N2CCOCC2)CCN1. The van der Waals surface area contributed by atoms with E-state index >= 15 is 0 Å². The summed E-state index contributed by atoms with van der Waals surface area (Å²) >= 11 is 0. The molecule has 0 aromatic carbocycles. The summed E-state index contributed by atoms with van der Waals surface area (Å²) in [4.78, 5) is 16.3. The van der Waals surface area contributed by atoms with Crippen molar-refractivity contribution in [2.75, 3.05) is 52.5 Å². The molecular formula is C13H25N3O2. The number of nitrogens with zero attached hydrogens (tertiary/aromatic N) is 2. The highest BCUT2D eigenvalue weighted by Crippen LogP contribution is 2.05. The summed E-state index contributed by atoms with van der Waals surface area (Å²) in [6.45, 7) is 9.46. The van der Waals surface area contributed by atoms with Gasteiger partial charge in [0.05, 0.1) is 13.2 Å². The minimum atomic E-state index is 0.293. The Morgan fingerprint density at radius 1 is 1.33 bits per heavy atom. The highest BCUT2D eigenvalue weighted by molar-refractivity contribution is 5.76.